The summed E-state index contributed by atoms with van der Waals surface area (Å²) in [6, 6.07) is 19.2. The Hall–Kier alpha value is -1.80. The summed E-state index contributed by atoms with van der Waals surface area (Å²) < 4.78 is 5.98. The molecule has 2 aromatic carbocycles. The molecule has 0 radical (unpaired) electrons. The third kappa shape index (κ3) is 2.20. The van der Waals surface area contributed by atoms with Gasteiger partial charge in [-0.05, 0) is 38.7 Å². The Kier molecular flexibility index (Phi) is 3.49. The van der Waals surface area contributed by atoms with E-state index in [0.717, 1.165) is 25.3 Å². The summed E-state index contributed by atoms with van der Waals surface area (Å²) in [6.45, 7) is 1.79. The lowest BCUT2D eigenvalue weighted by molar-refractivity contribution is 0.261. The van der Waals surface area contributed by atoms with Crippen LogP contribution in [0.4, 0.5) is 0 Å². The Morgan fingerprint density at radius 1 is 1.00 bits per heavy atom. The minimum atomic E-state index is -0.0118. The summed E-state index contributed by atoms with van der Waals surface area (Å²) in [7, 11) is 4.25. The molecule has 2 aromatic rings. The number of ether oxygens (including phenoxy) is 1. The molecule has 0 bridgehead atoms. The van der Waals surface area contributed by atoms with Gasteiger partial charge >= 0.3 is 0 Å². The molecule has 1 aliphatic heterocycles. The van der Waals surface area contributed by atoms with E-state index in [2.05, 4.69) is 67.5 Å². The van der Waals surface area contributed by atoms with E-state index in [-0.39, 0.29) is 5.41 Å². The smallest absolute Gasteiger partial charge is 0.123 e. The maximum absolute atomic E-state index is 5.98. The number of nitrogens with zero attached hydrogens (tertiary/aromatic N) is 1. The van der Waals surface area contributed by atoms with E-state index in [4.69, 9.17) is 4.74 Å². The van der Waals surface area contributed by atoms with Crippen LogP contribution in [-0.2, 0) is 5.41 Å². The number of hydrogen-bond acceptors (Lipinski definition) is 2. The molecule has 104 valence electrons. The van der Waals surface area contributed by atoms with Crippen LogP contribution in [0.1, 0.15) is 17.5 Å². The van der Waals surface area contributed by atoms with Crippen LogP contribution in [0.3, 0.4) is 0 Å². The Morgan fingerprint density at radius 2 is 1.70 bits per heavy atom. The summed E-state index contributed by atoms with van der Waals surface area (Å²) in [5, 5.41) is 0. The van der Waals surface area contributed by atoms with Gasteiger partial charge in [0, 0.05) is 5.56 Å². The quantitative estimate of drug-likeness (QED) is 0.842. The maximum atomic E-state index is 5.98. The Bertz CT molecular complexity index is 579. The zero-order chi connectivity index (χ0) is 14.0. The number of para-hydroxylation sites is 1. The summed E-state index contributed by atoms with van der Waals surface area (Å²) in [5.41, 5.74) is 2.67. The van der Waals surface area contributed by atoms with Crippen molar-refractivity contribution in [2.75, 3.05) is 27.2 Å². The van der Waals surface area contributed by atoms with Gasteiger partial charge in [-0.25, -0.2) is 0 Å². The number of fused-ring (bicyclic) bond motifs is 1. The van der Waals surface area contributed by atoms with Gasteiger partial charge in [0.05, 0.1) is 5.41 Å². The predicted octanol–water partition coefficient (Wildman–Crippen LogP) is 3.32. The van der Waals surface area contributed by atoms with Crippen molar-refractivity contribution in [1.29, 1.82) is 0 Å². The highest BCUT2D eigenvalue weighted by Crippen LogP contribution is 2.45. The Balaban J connectivity index is 2.06. The molecule has 1 heterocycles. The fourth-order valence-corrected chi connectivity index (χ4v) is 3.03. The van der Waals surface area contributed by atoms with Crippen molar-refractivity contribution in [3.63, 3.8) is 0 Å². The molecule has 2 heteroatoms. The fraction of sp³-hybridized carbons (Fsp3) is 0.333. The Morgan fingerprint density at radius 3 is 2.45 bits per heavy atom. The van der Waals surface area contributed by atoms with Gasteiger partial charge in [0.2, 0.25) is 0 Å². The van der Waals surface area contributed by atoms with Crippen LogP contribution >= 0.6 is 0 Å². The lowest BCUT2D eigenvalue weighted by Crippen LogP contribution is -2.33. The number of benzene rings is 2. The van der Waals surface area contributed by atoms with Gasteiger partial charge in [0.25, 0.3) is 0 Å². The third-order valence-electron chi connectivity index (χ3n) is 4.19. The van der Waals surface area contributed by atoms with Gasteiger partial charge in [-0.15, -0.1) is 0 Å². The Labute approximate surface area is 121 Å². The molecule has 0 saturated heterocycles. The second-order valence-electron chi connectivity index (χ2n) is 5.79. The molecule has 20 heavy (non-hydrogen) atoms. The highest BCUT2D eigenvalue weighted by Gasteiger charge is 2.41. The molecular formula is C18H21NO. The zero-order valence-electron chi connectivity index (χ0n) is 12.2. The van der Waals surface area contributed by atoms with E-state index in [1.165, 1.54) is 11.1 Å². The molecule has 1 atom stereocenters. The van der Waals surface area contributed by atoms with E-state index < -0.39 is 0 Å². The van der Waals surface area contributed by atoms with Gasteiger partial charge in [-0.2, -0.15) is 0 Å². The second-order valence-corrected chi connectivity index (χ2v) is 5.79. The molecule has 1 aliphatic rings. The van der Waals surface area contributed by atoms with E-state index in [0.29, 0.717) is 0 Å². The average molecular weight is 267 g/mol. The van der Waals surface area contributed by atoms with Crippen LogP contribution < -0.4 is 4.74 Å². The molecule has 1 unspecified atom stereocenters. The van der Waals surface area contributed by atoms with Crippen LogP contribution in [0.15, 0.2) is 54.6 Å². The fourth-order valence-electron chi connectivity index (χ4n) is 3.03. The molecular weight excluding hydrogens is 246 g/mol. The van der Waals surface area contributed by atoms with Crippen molar-refractivity contribution in [3.05, 3.63) is 65.7 Å². The molecule has 2 nitrogen and oxygen atoms in total. The van der Waals surface area contributed by atoms with Crippen molar-refractivity contribution in [2.24, 2.45) is 0 Å². The largest absolute Gasteiger partial charge is 0.492 e. The first-order valence-electron chi connectivity index (χ1n) is 7.15. The SMILES string of the molecule is CN(C)CCC1(c2ccccc2)COc2ccccc21. The highest BCUT2D eigenvalue weighted by molar-refractivity contribution is 5.50. The van der Waals surface area contributed by atoms with Crippen molar-refractivity contribution in [2.45, 2.75) is 11.8 Å². The summed E-state index contributed by atoms with van der Waals surface area (Å²) in [4.78, 5) is 2.24. The van der Waals surface area contributed by atoms with Crippen molar-refractivity contribution < 1.29 is 4.74 Å². The highest BCUT2D eigenvalue weighted by atomic mass is 16.5. The second kappa shape index (κ2) is 5.29. The van der Waals surface area contributed by atoms with E-state index in [9.17, 15) is 0 Å². The molecule has 0 aromatic heterocycles. The van der Waals surface area contributed by atoms with Gasteiger partial charge in [-0.1, -0.05) is 48.5 Å². The van der Waals surface area contributed by atoms with Gasteiger partial charge in [0.15, 0.2) is 0 Å². The monoisotopic (exact) mass is 267 g/mol. The molecule has 0 amide bonds. The molecule has 0 aliphatic carbocycles. The van der Waals surface area contributed by atoms with Crippen LogP contribution in [0, 0.1) is 0 Å². The third-order valence-corrected chi connectivity index (χ3v) is 4.19. The number of rotatable bonds is 4. The van der Waals surface area contributed by atoms with E-state index in [1.807, 2.05) is 6.07 Å². The minimum absolute atomic E-state index is 0.0118. The normalized spacial score (nSPS) is 20.8. The molecule has 0 N–H and O–H groups in total. The molecule has 3 rings (SSSR count). The maximum Gasteiger partial charge on any atom is 0.123 e. The first-order chi connectivity index (χ1) is 9.72. The van der Waals surface area contributed by atoms with E-state index in [1.54, 1.807) is 0 Å². The van der Waals surface area contributed by atoms with Gasteiger partial charge < -0.3 is 9.64 Å². The summed E-state index contributed by atoms with van der Waals surface area (Å²) in [6.07, 6.45) is 1.07. The van der Waals surface area contributed by atoms with Gasteiger partial charge in [0.1, 0.15) is 12.4 Å². The van der Waals surface area contributed by atoms with Crippen molar-refractivity contribution in [3.8, 4) is 5.75 Å². The van der Waals surface area contributed by atoms with Gasteiger partial charge in [-0.3, -0.25) is 0 Å². The van der Waals surface area contributed by atoms with Crippen molar-refractivity contribution >= 4 is 0 Å². The zero-order valence-corrected chi connectivity index (χ0v) is 12.2. The summed E-state index contributed by atoms with van der Waals surface area (Å²) >= 11 is 0. The van der Waals surface area contributed by atoms with Crippen LogP contribution in [0.25, 0.3) is 0 Å². The standard InChI is InChI=1S/C18H21NO/c1-19(2)13-12-18(15-8-4-3-5-9-15)14-20-17-11-7-6-10-16(17)18/h3-11H,12-14H2,1-2H3. The predicted molar refractivity (Wildman–Crippen MR) is 82.3 cm³/mol. The van der Waals surface area contributed by atoms with Crippen LogP contribution in [0.2, 0.25) is 0 Å². The topological polar surface area (TPSA) is 12.5 Å². The first kappa shape index (κ1) is 13.2. The first-order valence-corrected chi connectivity index (χ1v) is 7.15. The average Bonchev–Trinajstić information content (AvgIpc) is 2.86. The van der Waals surface area contributed by atoms with Crippen LogP contribution in [-0.4, -0.2) is 32.1 Å². The molecule has 0 spiro atoms. The lowest BCUT2D eigenvalue weighted by Gasteiger charge is -2.30. The minimum Gasteiger partial charge on any atom is -0.492 e. The molecule has 0 saturated carbocycles. The lowest BCUT2D eigenvalue weighted by atomic mass is 9.73. The van der Waals surface area contributed by atoms with Crippen LogP contribution in [0.5, 0.6) is 5.75 Å². The molecule has 0 fully saturated rings. The van der Waals surface area contributed by atoms with Crippen molar-refractivity contribution in [1.82, 2.24) is 4.90 Å². The van der Waals surface area contributed by atoms with E-state index >= 15 is 0 Å². The summed E-state index contributed by atoms with van der Waals surface area (Å²) in [5.74, 6) is 1.04. The number of hydrogen-bond donors (Lipinski definition) is 0.